The van der Waals surface area contributed by atoms with Gasteiger partial charge in [0.25, 0.3) is 0 Å². The van der Waals surface area contributed by atoms with Crippen LogP contribution < -0.4 is 0 Å². The van der Waals surface area contributed by atoms with Crippen LogP contribution in [0.1, 0.15) is 26.7 Å². The molecule has 0 aromatic heterocycles. The summed E-state index contributed by atoms with van der Waals surface area (Å²) in [7, 11) is 0. The number of carbonyl (C=O) groups is 8. The summed E-state index contributed by atoms with van der Waals surface area (Å²) in [5, 5.41) is 35.4. The van der Waals surface area contributed by atoms with Crippen molar-refractivity contribution in [2.45, 2.75) is 26.7 Å². The predicted molar refractivity (Wildman–Crippen MR) is 136 cm³/mol. The van der Waals surface area contributed by atoms with E-state index in [1.54, 1.807) is 24.3 Å². The third-order valence-electron chi connectivity index (χ3n) is 7.74. The molecule has 0 heterocycles. The second kappa shape index (κ2) is 12.7. The summed E-state index contributed by atoms with van der Waals surface area (Å²) in [6.07, 6.45) is 9.50. The van der Waals surface area contributed by atoms with Crippen molar-refractivity contribution in [3.05, 3.63) is 47.6 Å². The van der Waals surface area contributed by atoms with Crippen LogP contribution in [0.25, 0.3) is 0 Å². The lowest BCUT2D eigenvalue weighted by molar-refractivity contribution is -0.173. The zero-order valence-corrected chi connectivity index (χ0v) is 22.4. The number of fused-ring (bicyclic) bond motifs is 4. The molecule has 4 rings (SSSR count). The molecule has 4 aliphatic rings. The van der Waals surface area contributed by atoms with E-state index in [9.17, 15) is 48.6 Å². The normalized spacial score (nSPS) is 30.2. The first kappa shape index (κ1) is 31.6. The second-order valence-electron chi connectivity index (χ2n) is 10.4. The van der Waals surface area contributed by atoms with E-state index in [0.29, 0.717) is 25.0 Å². The van der Waals surface area contributed by atoms with Gasteiger partial charge >= 0.3 is 47.8 Å². The second-order valence-corrected chi connectivity index (χ2v) is 10.4. The Kier molecular flexibility index (Phi) is 9.60. The fourth-order valence-electron chi connectivity index (χ4n) is 5.93. The van der Waals surface area contributed by atoms with E-state index in [4.69, 9.17) is 14.9 Å². The molecule has 0 radical (unpaired) electrons. The molecular weight excluding hydrogens is 560 g/mol. The van der Waals surface area contributed by atoms with Crippen LogP contribution in [0.3, 0.4) is 0 Å². The molecule has 0 amide bonds. The lowest BCUT2D eigenvalue weighted by Crippen LogP contribution is -2.39. The summed E-state index contributed by atoms with van der Waals surface area (Å²) in [4.78, 5) is 90.7. The minimum Gasteiger partial charge on any atom is -0.481 e. The average Bonchev–Trinajstić information content (AvgIpc) is 3.68. The molecular formula is C28H28O14. The summed E-state index contributed by atoms with van der Waals surface area (Å²) < 4.78 is 9.25. The van der Waals surface area contributed by atoms with Crippen LogP contribution in [-0.2, 0) is 47.8 Å². The number of carbonyl (C=O) groups excluding carboxylic acids is 4. The van der Waals surface area contributed by atoms with Crippen LogP contribution in [0.15, 0.2) is 47.6 Å². The topological polar surface area (TPSA) is 236 Å². The van der Waals surface area contributed by atoms with E-state index in [2.05, 4.69) is 4.74 Å². The Bertz CT molecular complexity index is 1250. The number of hydrogen-bond donors (Lipinski definition) is 4. The molecule has 224 valence electrons. The van der Waals surface area contributed by atoms with Gasteiger partial charge in [-0.1, -0.05) is 24.3 Å². The maximum atomic E-state index is 12.5. The van der Waals surface area contributed by atoms with Crippen molar-refractivity contribution in [2.75, 3.05) is 0 Å². The minimum atomic E-state index is -1.36. The standard InChI is InChI=1S/C18H18O7.C10H10O7/c19-15(20)11-7-1-3-9(5-7)13(11)17(23)25-18(24)14-10-4-2-8(6-10)12(14)16(21)22;1-5(3-7(11)12)9(15)17-10(16)6(2)4-8(13)14/h1-4,7-14H,5-6H2,(H,19,20)(H,21,22);3-4H,1-2H3,(H,11,12)(H,13,14)/b;5-3-,6-4-. The molecule has 14 nitrogen and oxygen atoms in total. The summed E-state index contributed by atoms with van der Waals surface area (Å²) in [5.41, 5.74) is -0.567. The van der Waals surface area contributed by atoms with E-state index in [1.165, 1.54) is 0 Å². The number of ether oxygens (including phenoxy) is 2. The highest BCUT2D eigenvalue weighted by molar-refractivity contribution is 6.05. The lowest BCUT2D eigenvalue weighted by atomic mass is 9.82. The number of hydrogen-bond acceptors (Lipinski definition) is 10. The number of carboxylic acid groups (broad SMARTS) is 4. The summed E-state index contributed by atoms with van der Waals surface area (Å²) >= 11 is 0. The van der Waals surface area contributed by atoms with Crippen molar-refractivity contribution in [3.8, 4) is 0 Å². The fraction of sp³-hybridized carbons (Fsp3) is 0.429. The van der Waals surface area contributed by atoms with Crippen molar-refractivity contribution in [3.63, 3.8) is 0 Å². The third kappa shape index (κ3) is 6.87. The van der Waals surface area contributed by atoms with Crippen LogP contribution >= 0.6 is 0 Å². The smallest absolute Gasteiger partial charge is 0.341 e. The highest BCUT2D eigenvalue weighted by Crippen LogP contribution is 2.50. The third-order valence-corrected chi connectivity index (χ3v) is 7.74. The fourth-order valence-corrected chi connectivity index (χ4v) is 5.93. The predicted octanol–water partition coefficient (Wildman–Crippen LogP) is 1.22. The first-order valence-electron chi connectivity index (χ1n) is 12.8. The van der Waals surface area contributed by atoms with E-state index < -0.39 is 71.4 Å². The number of rotatable bonds is 8. The number of aliphatic carboxylic acids is 4. The van der Waals surface area contributed by atoms with Gasteiger partial charge < -0.3 is 29.9 Å². The molecule has 4 aliphatic carbocycles. The van der Waals surface area contributed by atoms with Crippen LogP contribution in [-0.4, -0.2) is 68.2 Å². The maximum Gasteiger partial charge on any atom is 0.341 e. The molecule has 14 heteroatoms. The minimum absolute atomic E-state index is 0.215. The van der Waals surface area contributed by atoms with Crippen molar-refractivity contribution in [1.29, 1.82) is 0 Å². The van der Waals surface area contributed by atoms with Gasteiger partial charge in [-0.05, 0) is 50.4 Å². The Labute approximate surface area is 238 Å². The van der Waals surface area contributed by atoms with Gasteiger partial charge in [0.05, 0.1) is 23.7 Å². The van der Waals surface area contributed by atoms with Gasteiger partial charge in [-0.2, -0.15) is 0 Å². The molecule has 0 spiro atoms. The highest BCUT2D eigenvalue weighted by Gasteiger charge is 2.56. The Hall–Kier alpha value is -4.88. The monoisotopic (exact) mass is 588 g/mol. The lowest BCUT2D eigenvalue weighted by Gasteiger charge is -2.25. The van der Waals surface area contributed by atoms with Crippen LogP contribution in [0.4, 0.5) is 0 Å². The first-order valence-corrected chi connectivity index (χ1v) is 12.8. The summed E-state index contributed by atoms with van der Waals surface area (Å²) in [6.45, 7) is 2.31. The molecule has 2 saturated carbocycles. The summed E-state index contributed by atoms with van der Waals surface area (Å²) in [6, 6.07) is 0. The molecule has 0 aromatic carbocycles. The molecule has 8 unspecified atom stereocenters. The zero-order chi connectivity index (χ0) is 31.5. The van der Waals surface area contributed by atoms with Gasteiger partial charge in [0.1, 0.15) is 0 Å². The molecule has 0 saturated heterocycles. The Morgan fingerprint density at radius 3 is 1.14 bits per heavy atom. The van der Waals surface area contributed by atoms with Gasteiger partial charge in [-0.25, -0.2) is 19.2 Å². The number of allylic oxidation sites excluding steroid dienone is 4. The number of esters is 4. The average molecular weight is 589 g/mol. The van der Waals surface area contributed by atoms with E-state index in [0.717, 1.165) is 13.8 Å². The Balaban J connectivity index is 0.000000252. The number of carboxylic acids is 4. The van der Waals surface area contributed by atoms with E-state index in [-0.39, 0.29) is 34.8 Å². The van der Waals surface area contributed by atoms with Gasteiger partial charge in [-0.15, -0.1) is 0 Å². The van der Waals surface area contributed by atoms with Gasteiger partial charge in [-0.3, -0.25) is 19.2 Å². The molecule has 0 aliphatic heterocycles. The zero-order valence-electron chi connectivity index (χ0n) is 22.4. The molecule has 42 heavy (non-hydrogen) atoms. The molecule has 4 bridgehead atoms. The summed E-state index contributed by atoms with van der Waals surface area (Å²) in [5.74, 6) is -13.3. The molecule has 0 aromatic rings. The quantitative estimate of drug-likeness (QED) is 0.135. The molecule has 2 fully saturated rings. The van der Waals surface area contributed by atoms with Crippen molar-refractivity contribution >= 4 is 47.8 Å². The van der Waals surface area contributed by atoms with Crippen molar-refractivity contribution < 1.29 is 68.3 Å². The van der Waals surface area contributed by atoms with Crippen molar-refractivity contribution in [1.82, 2.24) is 0 Å². The van der Waals surface area contributed by atoms with Crippen LogP contribution in [0.2, 0.25) is 0 Å². The van der Waals surface area contributed by atoms with Crippen LogP contribution in [0, 0.1) is 47.3 Å². The van der Waals surface area contributed by atoms with Gasteiger partial charge in [0.15, 0.2) is 0 Å². The van der Waals surface area contributed by atoms with Crippen molar-refractivity contribution in [2.24, 2.45) is 47.3 Å². The highest BCUT2D eigenvalue weighted by atomic mass is 16.6. The SMILES string of the molecule is C/C(=C/C(=O)O)C(=O)OC(=O)/C(C)=C\C(=O)O.O=C(O)C1C2C=CC(C2)C1C(=O)OC(=O)C1C2C=CC(C2)C1C(=O)O. The Morgan fingerprint density at radius 1 is 0.548 bits per heavy atom. The van der Waals surface area contributed by atoms with Gasteiger partial charge in [0, 0.05) is 23.3 Å². The first-order chi connectivity index (χ1) is 19.6. The van der Waals surface area contributed by atoms with E-state index >= 15 is 0 Å². The maximum absolute atomic E-state index is 12.5. The molecule has 8 atom stereocenters. The van der Waals surface area contributed by atoms with Gasteiger partial charge in [0.2, 0.25) is 0 Å². The largest absolute Gasteiger partial charge is 0.481 e. The van der Waals surface area contributed by atoms with Crippen LogP contribution in [0.5, 0.6) is 0 Å². The Morgan fingerprint density at radius 2 is 0.857 bits per heavy atom. The molecule has 4 N–H and O–H groups in total. The van der Waals surface area contributed by atoms with E-state index in [1.807, 2.05) is 0 Å².